The molecule has 1 fully saturated rings. The van der Waals surface area contributed by atoms with E-state index in [9.17, 15) is 0 Å². The van der Waals surface area contributed by atoms with Crippen molar-refractivity contribution < 1.29 is 0 Å². The molecule has 1 unspecified atom stereocenters. The van der Waals surface area contributed by atoms with E-state index in [1.54, 1.807) is 0 Å². The fraction of sp³-hybridized carbons (Fsp3) is 0.684. The summed E-state index contributed by atoms with van der Waals surface area (Å²) in [6.45, 7) is 13.7. The van der Waals surface area contributed by atoms with Crippen LogP contribution < -0.4 is 5.32 Å². The summed E-state index contributed by atoms with van der Waals surface area (Å²) >= 11 is 0. The molecule has 0 radical (unpaired) electrons. The molecule has 0 spiro atoms. The van der Waals surface area contributed by atoms with Crippen LogP contribution in [0, 0.1) is 5.92 Å². The lowest BCUT2D eigenvalue weighted by atomic mass is 9.81. The summed E-state index contributed by atoms with van der Waals surface area (Å²) in [5, 5.41) is 3.69. The van der Waals surface area contributed by atoms with Gasteiger partial charge in [0.05, 0.1) is 0 Å². The van der Waals surface area contributed by atoms with Crippen LogP contribution in [0.3, 0.4) is 0 Å². The Kier molecular flexibility index (Phi) is 5.83. The molecule has 2 heteroatoms. The van der Waals surface area contributed by atoms with Gasteiger partial charge in [0.1, 0.15) is 0 Å². The smallest absolute Gasteiger partial charge is 0.0177 e. The van der Waals surface area contributed by atoms with E-state index in [1.165, 1.54) is 18.4 Å². The van der Waals surface area contributed by atoms with E-state index in [1.807, 2.05) is 0 Å². The minimum Gasteiger partial charge on any atom is -0.316 e. The Morgan fingerprint density at radius 3 is 2.43 bits per heavy atom. The molecule has 0 aromatic heterocycles. The molecule has 0 saturated heterocycles. The number of benzene rings is 1. The van der Waals surface area contributed by atoms with Crippen LogP contribution in [0.2, 0.25) is 0 Å². The van der Waals surface area contributed by atoms with E-state index in [-0.39, 0.29) is 5.41 Å². The van der Waals surface area contributed by atoms with Gasteiger partial charge in [0.25, 0.3) is 0 Å². The predicted molar refractivity (Wildman–Crippen MR) is 91.8 cm³/mol. The van der Waals surface area contributed by atoms with Crippen LogP contribution in [0.5, 0.6) is 0 Å². The summed E-state index contributed by atoms with van der Waals surface area (Å²) in [5.41, 5.74) is 1.65. The maximum absolute atomic E-state index is 3.69. The lowest BCUT2D eigenvalue weighted by Crippen LogP contribution is -2.46. The van der Waals surface area contributed by atoms with E-state index in [0.29, 0.717) is 5.92 Å². The summed E-state index contributed by atoms with van der Waals surface area (Å²) in [6.07, 6.45) is 2.77. The first-order chi connectivity index (χ1) is 10.0. The molecule has 0 amide bonds. The fourth-order valence-electron chi connectivity index (χ4n) is 3.11. The van der Waals surface area contributed by atoms with Crippen LogP contribution in [0.1, 0.15) is 46.1 Å². The summed E-state index contributed by atoms with van der Waals surface area (Å²) < 4.78 is 0. The second-order valence-corrected chi connectivity index (χ2v) is 7.25. The average molecular weight is 288 g/mol. The van der Waals surface area contributed by atoms with Crippen molar-refractivity contribution in [3.63, 3.8) is 0 Å². The lowest BCUT2D eigenvalue weighted by Gasteiger charge is -2.36. The predicted octanol–water partition coefficient (Wildman–Crippen LogP) is 3.67. The van der Waals surface area contributed by atoms with Crippen LogP contribution >= 0.6 is 0 Å². The van der Waals surface area contributed by atoms with Crippen molar-refractivity contribution in [2.75, 3.05) is 26.2 Å². The average Bonchev–Trinajstić information content (AvgIpc) is 3.30. The van der Waals surface area contributed by atoms with Gasteiger partial charge in [0.15, 0.2) is 0 Å². The van der Waals surface area contributed by atoms with Crippen LogP contribution in [-0.2, 0) is 5.41 Å². The van der Waals surface area contributed by atoms with E-state index in [2.05, 4.69) is 68.2 Å². The molecule has 2 rings (SSSR count). The van der Waals surface area contributed by atoms with Crippen molar-refractivity contribution in [3.05, 3.63) is 35.9 Å². The summed E-state index contributed by atoms with van der Waals surface area (Å²) in [7, 11) is 0. The van der Waals surface area contributed by atoms with Crippen molar-refractivity contribution in [3.8, 4) is 0 Å². The molecule has 2 nitrogen and oxygen atoms in total. The van der Waals surface area contributed by atoms with E-state index >= 15 is 0 Å². The van der Waals surface area contributed by atoms with Crippen molar-refractivity contribution in [2.24, 2.45) is 5.92 Å². The number of nitrogens with zero attached hydrogens (tertiary/aromatic N) is 1. The first-order valence-corrected chi connectivity index (χ1v) is 8.55. The first-order valence-electron chi connectivity index (χ1n) is 8.55. The van der Waals surface area contributed by atoms with Gasteiger partial charge in [-0.1, -0.05) is 58.0 Å². The quantitative estimate of drug-likeness (QED) is 0.746. The fourth-order valence-corrected chi connectivity index (χ4v) is 3.11. The van der Waals surface area contributed by atoms with Crippen LogP contribution in [0.25, 0.3) is 0 Å². The SMILES string of the molecule is CCN(CC(C)(CNCC(C)C)c1ccccc1)C1CC1. The number of nitrogens with one attached hydrogen (secondary N) is 1. The summed E-state index contributed by atoms with van der Waals surface area (Å²) in [4.78, 5) is 2.67. The molecule has 21 heavy (non-hydrogen) atoms. The van der Waals surface area contributed by atoms with Gasteiger partial charge in [-0.2, -0.15) is 0 Å². The van der Waals surface area contributed by atoms with Crippen molar-refractivity contribution >= 4 is 0 Å². The number of rotatable bonds is 9. The molecule has 1 N–H and O–H groups in total. The molecule has 1 saturated carbocycles. The third-order valence-corrected chi connectivity index (χ3v) is 4.56. The lowest BCUT2D eigenvalue weighted by molar-refractivity contribution is 0.210. The first kappa shape index (κ1) is 16.5. The minimum absolute atomic E-state index is 0.189. The zero-order valence-electron chi connectivity index (χ0n) is 14.2. The molecule has 1 aromatic carbocycles. The third kappa shape index (κ3) is 4.82. The summed E-state index contributed by atoms with van der Waals surface area (Å²) in [5.74, 6) is 0.704. The normalized spacial score (nSPS) is 18.2. The van der Waals surface area contributed by atoms with Crippen molar-refractivity contribution in [1.29, 1.82) is 0 Å². The molecule has 1 aromatic rings. The van der Waals surface area contributed by atoms with Gasteiger partial charge in [0, 0.05) is 24.5 Å². The number of hydrogen-bond acceptors (Lipinski definition) is 2. The highest BCUT2D eigenvalue weighted by atomic mass is 15.2. The second-order valence-electron chi connectivity index (χ2n) is 7.25. The highest BCUT2D eigenvalue weighted by Gasteiger charge is 2.35. The zero-order valence-corrected chi connectivity index (χ0v) is 14.2. The van der Waals surface area contributed by atoms with Crippen molar-refractivity contribution in [1.82, 2.24) is 10.2 Å². The Morgan fingerprint density at radius 1 is 1.24 bits per heavy atom. The minimum atomic E-state index is 0.189. The standard InChI is InChI=1S/C19H32N2/c1-5-21(18-11-12-18)15-19(4,14-20-13-16(2)3)17-9-7-6-8-10-17/h6-10,16,18,20H,5,11-15H2,1-4H3. The molecule has 0 aliphatic heterocycles. The third-order valence-electron chi connectivity index (χ3n) is 4.56. The highest BCUT2D eigenvalue weighted by Crippen LogP contribution is 2.31. The van der Waals surface area contributed by atoms with Gasteiger partial charge in [-0.3, -0.25) is 4.90 Å². The van der Waals surface area contributed by atoms with E-state index < -0.39 is 0 Å². The zero-order chi connectivity index (χ0) is 15.3. The molecule has 0 heterocycles. The topological polar surface area (TPSA) is 15.3 Å². The molecular weight excluding hydrogens is 256 g/mol. The van der Waals surface area contributed by atoms with Gasteiger partial charge in [-0.25, -0.2) is 0 Å². The highest BCUT2D eigenvalue weighted by molar-refractivity contribution is 5.26. The van der Waals surface area contributed by atoms with E-state index in [0.717, 1.165) is 32.2 Å². The molecular formula is C19H32N2. The Bertz CT molecular complexity index is 411. The Labute approximate surface area is 130 Å². The largest absolute Gasteiger partial charge is 0.316 e. The van der Waals surface area contributed by atoms with Gasteiger partial charge < -0.3 is 5.32 Å². The van der Waals surface area contributed by atoms with Gasteiger partial charge >= 0.3 is 0 Å². The Hall–Kier alpha value is -0.860. The molecule has 1 aliphatic rings. The molecule has 118 valence electrons. The maximum atomic E-state index is 3.69. The summed E-state index contributed by atoms with van der Waals surface area (Å²) in [6, 6.07) is 11.9. The van der Waals surface area contributed by atoms with Crippen LogP contribution in [0.15, 0.2) is 30.3 Å². The number of likely N-dealkylation sites (N-methyl/N-ethyl adjacent to an activating group) is 1. The monoisotopic (exact) mass is 288 g/mol. The molecule has 0 bridgehead atoms. The van der Waals surface area contributed by atoms with Gasteiger partial charge in [-0.15, -0.1) is 0 Å². The molecule has 1 atom stereocenters. The van der Waals surface area contributed by atoms with Gasteiger partial charge in [0.2, 0.25) is 0 Å². The van der Waals surface area contributed by atoms with Crippen molar-refractivity contribution in [2.45, 2.75) is 52.0 Å². The van der Waals surface area contributed by atoms with Crippen LogP contribution in [0.4, 0.5) is 0 Å². The second kappa shape index (κ2) is 7.42. The Balaban J connectivity index is 2.08. The maximum Gasteiger partial charge on any atom is 0.0177 e. The van der Waals surface area contributed by atoms with Gasteiger partial charge in [-0.05, 0) is 37.4 Å². The number of hydrogen-bond donors (Lipinski definition) is 1. The molecule has 1 aliphatic carbocycles. The van der Waals surface area contributed by atoms with E-state index in [4.69, 9.17) is 0 Å². The van der Waals surface area contributed by atoms with Crippen LogP contribution in [-0.4, -0.2) is 37.1 Å². The Morgan fingerprint density at radius 2 is 1.90 bits per heavy atom.